The van der Waals surface area contributed by atoms with Gasteiger partial charge in [-0.2, -0.15) is 0 Å². The van der Waals surface area contributed by atoms with E-state index in [-0.39, 0.29) is 30.8 Å². The summed E-state index contributed by atoms with van der Waals surface area (Å²) < 4.78 is 0. The minimum atomic E-state index is -0.0569. The number of nitrogens with two attached hydrogens (primary N) is 1. The molecule has 0 spiro atoms. The lowest BCUT2D eigenvalue weighted by Crippen LogP contribution is -2.43. The number of nitrogens with zero attached hydrogens (tertiary/aromatic N) is 1. The summed E-state index contributed by atoms with van der Waals surface area (Å²) in [4.78, 5) is 26.4. The van der Waals surface area contributed by atoms with Crippen LogP contribution in [0.25, 0.3) is 0 Å². The van der Waals surface area contributed by atoms with Gasteiger partial charge in [-0.05, 0) is 49.3 Å². The van der Waals surface area contributed by atoms with Crippen LogP contribution in [-0.2, 0) is 16.0 Å². The SMILES string of the molecule is Cl.Nc1cccc2c1CCCN2C(=O)CNC(=O)CC1CCCCC1. The van der Waals surface area contributed by atoms with Crippen LogP contribution in [0.4, 0.5) is 11.4 Å². The molecular weight excluding hydrogens is 338 g/mol. The zero-order chi connectivity index (χ0) is 16.9. The highest BCUT2D eigenvalue weighted by Crippen LogP contribution is 2.31. The number of nitrogen functional groups attached to an aromatic ring is 1. The Morgan fingerprint density at radius 1 is 1.16 bits per heavy atom. The highest BCUT2D eigenvalue weighted by Gasteiger charge is 2.24. The molecule has 3 rings (SSSR count). The highest BCUT2D eigenvalue weighted by atomic mass is 35.5. The van der Waals surface area contributed by atoms with E-state index >= 15 is 0 Å². The standard InChI is InChI=1S/C19H27N3O2.ClH/c20-16-9-4-10-17-15(16)8-5-11-22(17)19(24)13-21-18(23)12-14-6-2-1-3-7-14;/h4,9-10,14H,1-3,5-8,11-13,20H2,(H,21,23);1H. The molecule has 0 radical (unpaired) electrons. The summed E-state index contributed by atoms with van der Waals surface area (Å²) >= 11 is 0. The van der Waals surface area contributed by atoms with Crippen LogP contribution in [0.3, 0.4) is 0 Å². The third-order valence-electron chi connectivity index (χ3n) is 5.22. The fourth-order valence-corrected chi connectivity index (χ4v) is 3.91. The number of hydrogen-bond acceptors (Lipinski definition) is 3. The molecule has 1 fully saturated rings. The second-order valence-corrected chi connectivity index (χ2v) is 6.98. The normalized spacial score (nSPS) is 17.4. The van der Waals surface area contributed by atoms with Gasteiger partial charge in [0.1, 0.15) is 0 Å². The van der Waals surface area contributed by atoms with Gasteiger partial charge in [0.2, 0.25) is 11.8 Å². The van der Waals surface area contributed by atoms with E-state index < -0.39 is 0 Å². The molecule has 1 heterocycles. The maximum absolute atomic E-state index is 12.5. The molecule has 1 aromatic rings. The highest BCUT2D eigenvalue weighted by molar-refractivity contribution is 5.98. The average molecular weight is 366 g/mol. The first-order chi connectivity index (χ1) is 11.6. The lowest BCUT2D eigenvalue weighted by molar-refractivity contribution is -0.125. The van der Waals surface area contributed by atoms with Crippen LogP contribution >= 0.6 is 12.4 Å². The average Bonchev–Trinajstić information content (AvgIpc) is 2.60. The van der Waals surface area contributed by atoms with Crippen molar-refractivity contribution >= 4 is 35.6 Å². The van der Waals surface area contributed by atoms with Crippen LogP contribution < -0.4 is 16.0 Å². The summed E-state index contributed by atoms with van der Waals surface area (Å²) in [6.07, 6.45) is 8.37. The minimum absolute atomic E-state index is 0. The van der Waals surface area contributed by atoms with Crippen molar-refractivity contribution in [1.82, 2.24) is 5.32 Å². The van der Waals surface area contributed by atoms with E-state index in [4.69, 9.17) is 5.73 Å². The molecule has 2 aliphatic rings. The monoisotopic (exact) mass is 365 g/mol. The van der Waals surface area contributed by atoms with Gasteiger partial charge in [0.05, 0.1) is 6.54 Å². The Morgan fingerprint density at radius 3 is 2.68 bits per heavy atom. The van der Waals surface area contributed by atoms with Crippen molar-refractivity contribution in [2.45, 2.75) is 51.4 Å². The zero-order valence-electron chi connectivity index (χ0n) is 14.6. The number of carbonyl (C=O) groups is 2. The predicted molar refractivity (Wildman–Crippen MR) is 103 cm³/mol. The number of rotatable bonds is 4. The molecule has 6 heteroatoms. The smallest absolute Gasteiger partial charge is 0.246 e. The van der Waals surface area contributed by atoms with Crippen LogP contribution in [0.2, 0.25) is 0 Å². The van der Waals surface area contributed by atoms with Gasteiger partial charge < -0.3 is 16.0 Å². The quantitative estimate of drug-likeness (QED) is 0.805. The Bertz CT molecular complexity index is 615. The van der Waals surface area contributed by atoms with E-state index in [1.165, 1.54) is 19.3 Å². The Labute approximate surface area is 155 Å². The molecule has 1 aliphatic heterocycles. The van der Waals surface area contributed by atoms with Gasteiger partial charge in [-0.1, -0.05) is 25.3 Å². The molecular formula is C19H28ClN3O2. The molecule has 138 valence electrons. The van der Waals surface area contributed by atoms with Crippen molar-refractivity contribution in [1.29, 1.82) is 0 Å². The number of hydrogen-bond donors (Lipinski definition) is 2. The molecule has 25 heavy (non-hydrogen) atoms. The molecule has 3 N–H and O–H groups in total. The first-order valence-corrected chi connectivity index (χ1v) is 9.09. The summed E-state index contributed by atoms with van der Waals surface area (Å²) in [5.74, 6) is 0.433. The Balaban J connectivity index is 0.00000225. The largest absolute Gasteiger partial charge is 0.398 e. The zero-order valence-corrected chi connectivity index (χ0v) is 15.4. The molecule has 2 amide bonds. The van der Waals surface area contributed by atoms with Crippen molar-refractivity contribution in [3.8, 4) is 0 Å². The van der Waals surface area contributed by atoms with E-state index in [9.17, 15) is 9.59 Å². The van der Waals surface area contributed by atoms with Crippen LogP contribution in [0.5, 0.6) is 0 Å². The third kappa shape index (κ3) is 4.88. The van der Waals surface area contributed by atoms with Crippen LogP contribution in [0.1, 0.15) is 50.5 Å². The molecule has 0 aromatic heterocycles. The second-order valence-electron chi connectivity index (χ2n) is 6.98. The van der Waals surface area contributed by atoms with Crippen LogP contribution in [0.15, 0.2) is 18.2 Å². The summed E-state index contributed by atoms with van der Waals surface area (Å²) in [7, 11) is 0. The van der Waals surface area contributed by atoms with Crippen molar-refractivity contribution in [3.63, 3.8) is 0 Å². The third-order valence-corrected chi connectivity index (χ3v) is 5.22. The number of halogens is 1. The molecule has 0 atom stereocenters. The molecule has 5 nitrogen and oxygen atoms in total. The van der Waals surface area contributed by atoms with Gasteiger partial charge in [0.25, 0.3) is 0 Å². The number of carbonyl (C=O) groups excluding carboxylic acids is 2. The first-order valence-electron chi connectivity index (χ1n) is 9.09. The fraction of sp³-hybridized carbons (Fsp3) is 0.579. The fourth-order valence-electron chi connectivity index (χ4n) is 3.91. The van der Waals surface area contributed by atoms with Gasteiger partial charge in [-0.15, -0.1) is 12.4 Å². The Hall–Kier alpha value is -1.75. The van der Waals surface area contributed by atoms with E-state index in [1.54, 1.807) is 4.90 Å². The topological polar surface area (TPSA) is 75.4 Å². The number of fused-ring (bicyclic) bond motifs is 1. The van der Waals surface area contributed by atoms with Gasteiger partial charge in [-0.3, -0.25) is 9.59 Å². The summed E-state index contributed by atoms with van der Waals surface area (Å²) in [5.41, 5.74) is 8.71. The van der Waals surface area contributed by atoms with Gasteiger partial charge >= 0.3 is 0 Å². The predicted octanol–water partition coefficient (Wildman–Crippen LogP) is 3.06. The van der Waals surface area contributed by atoms with Crippen LogP contribution in [-0.4, -0.2) is 24.9 Å². The van der Waals surface area contributed by atoms with Crippen molar-refractivity contribution in [2.75, 3.05) is 23.7 Å². The summed E-state index contributed by atoms with van der Waals surface area (Å²) in [5, 5.41) is 2.81. The lowest BCUT2D eigenvalue weighted by Gasteiger charge is -2.30. The van der Waals surface area contributed by atoms with Crippen molar-refractivity contribution < 1.29 is 9.59 Å². The Kier molecular flexibility index (Phi) is 7.12. The van der Waals surface area contributed by atoms with E-state index in [1.807, 2.05) is 18.2 Å². The van der Waals surface area contributed by atoms with E-state index in [0.717, 1.165) is 42.6 Å². The van der Waals surface area contributed by atoms with E-state index in [2.05, 4.69) is 5.32 Å². The Morgan fingerprint density at radius 2 is 1.92 bits per heavy atom. The first kappa shape index (κ1) is 19.6. The molecule has 0 saturated heterocycles. The molecule has 1 saturated carbocycles. The lowest BCUT2D eigenvalue weighted by atomic mass is 9.87. The van der Waals surface area contributed by atoms with Gasteiger partial charge in [0.15, 0.2) is 0 Å². The number of nitrogens with one attached hydrogen (secondary N) is 1. The van der Waals surface area contributed by atoms with E-state index in [0.29, 0.717) is 18.9 Å². The maximum atomic E-state index is 12.5. The summed E-state index contributed by atoms with van der Waals surface area (Å²) in [6.45, 7) is 0.758. The maximum Gasteiger partial charge on any atom is 0.246 e. The van der Waals surface area contributed by atoms with Gasteiger partial charge in [0, 0.05) is 24.3 Å². The van der Waals surface area contributed by atoms with Gasteiger partial charge in [-0.25, -0.2) is 0 Å². The summed E-state index contributed by atoms with van der Waals surface area (Å²) in [6, 6.07) is 5.69. The molecule has 0 unspecified atom stereocenters. The van der Waals surface area contributed by atoms with Crippen molar-refractivity contribution in [2.24, 2.45) is 5.92 Å². The van der Waals surface area contributed by atoms with Crippen molar-refractivity contribution in [3.05, 3.63) is 23.8 Å². The molecule has 1 aliphatic carbocycles. The molecule has 0 bridgehead atoms. The minimum Gasteiger partial charge on any atom is -0.398 e. The second kappa shape index (κ2) is 9.09. The number of anilines is 2. The number of amides is 2. The molecule has 1 aromatic carbocycles. The van der Waals surface area contributed by atoms with Crippen LogP contribution in [0, 0.1) is 5.92 Å². The number of benzene rings is 1.